The minimum absolute atomic E-state index is 0.280. The van der Waals surface area contributed by atoms with Crippen LogP contribution in [-0.4, -0.2) is 22.4 Å². The Balaban J connectivity index is 2.46. The molecule has 2 aliphatic heterocycles. The Bertz CT molecular complexity index is 797. The number of nitrogens with zero attached hydrogens (tertiary/aromatic N) is 2. The molecule has 0 spiro atoms. The van der Waals surface area contributed by atoms with E-state index in [1.165, 1.54) is 0 Å². The molecule has 27 heavy (non-hydrogen) atoms. The van der Waals surface area contributed by atoms with Crippen LogP contribution >= 0.6 is 0 Å². The largest absolute Gasteiger partial charge is 0.362 e. The van der Waals surface area contributed by atoms with Gasteiger partial charge in [0.25, 0.3) is 0 Å². The van der Waals surface area contributed by atoms with Crippen LogP contribution in [0.1, 0.15) is 27.2 Å². The Hall–Kier alpha value is -2.94. The highest BCUT2D eigenvalue weighted by Gasteiger charge is 2.36. The molecule has 2 rings (SSSR count). The van der Waals surface area contributed by atoms with Gasteiger partial charge in [-0.1, -0.05) is 62.8 Å². The van der Waals surface area contributed by atoms with Crippen LogP contribution in [0.5, 0.6) is 0 Å². The van der Waals surface area contributed by atoms with E-state index in [0.717, 1.165) is 40.5 Å². The third kappa shape index (κ3) is 4.08. The van der Waals surface area contributed by atoms with E-state index in [0.29, 0.717) is 0 Å². The van der Waals surface area contributed by atoms with Crippen molar-refractivity contribution in [3.8, 4) is 0 Å². The lowest BCUT2D eigenvalue weighted by Crippen LogP contribution is -2.52. The van der Waals surface area contributed by atoms with Crippen molar-refractivity contribution in [1.29, 1.82) is 0 Å². The third-order valence-corrected chi connectivity index (χ3v) is 5.00. The average Bonchev–Trinajstić information content (AvgIpc) is 2.62. The molecular formula is C24H31N3. The van der Waals surface area contributed by atoms with Gasteiger partial charge in [-0.2, -0.15) is 0 Å². The van der Waals surface area contributed by atoms with Crippen LogP contribution in [0.25, 0.3) is 0 Å². The third-order valence-electron chi connectivity index (χ3n) is 5.00. The summed E-state index contributed by atoms with van der Waals surface area (Å²) in [5.41, 5.74) is 4.98. The van der Waals surface area contributed by atoms with E-state index in [1.807, 2.05) is 37.9 Å². The van der Waals surface area contributed by atoms with Crippen molar-refractivity contribution in [2.45, 2.75) is 32.7 Å². The van der Waals surface area contributed by atoms with E-state index >= 15 is 0 Å². The molecule has 2 heterocycles. The normalized spacial score (nSPS) is 24.4. The molecule has 0 aromatic heterocycles. The highest BCUT2D eigenvalue weighted by molar-refractivity contribution is 5.49. The molecule has 0 bridgehead atoms. The van der Waals surface area contributed by atoms with Crippen LogP contribution in [0.4, 0.5) is 0 Å². The predicted octanol–water partition coefficient (Wildman–Crippen LogP) is 5.52. The minimum atomic E-state index is -0.280. The Morgan fingerprint density at radius 2 is 1.93 bits per heavy atom. The zero-order valence-corrected chi connectivity index (χ0v) is 17.0. The first-order chi connectivity index (χ1) is 12.8. The number of hydrogen-bond acceptors (Lipinski definition) is 3. The van der Waals surface area contributed by atoms with Crippen LogP contribution in [0.3, 0.4) is 0 Å². The molecule has 2 aliphatic rings. The standard InChI is InChI=1S/C24H31N3/c1-9-12-21(13-10-2)23(11-3)27-17-22(15-14-18(27)4)24(7)16-19(5)26(8)20(6)25-24/h9-15,17,25H,1,4-6,16H2,2-3,7-8H3/b13-10-,21-12+,23-11-/t24-/m0/s1. The van der Waals surface area contributed by atoms with Crippen molar-refractivity contribution in [3.63, 3.8) is 0 Å². The van der Waals surface area contributed by atoms with Gasteiger partial charge in [0.05, 0.1) is 11.4 Å². The van der Waals surface area contributed by atoms with Crippen molar-refractivity contribution in [2.24, 2.45) is 0 Å². The van der Waals surface area contributed by atoms with E-state index in [4.69, 9.17) is 0 Å². The molecule has 0 radical (unpaired) electrons. The van der Waals surface area contributed by atoms with Gasteiger partial charge in [-0.25, -0.2) is 0 Å². The lowest BCUT2D eigenvalue weighted by Gasteiger charge is -2.45. The number of rotatable bonds is 5. The molecule has 1 saturated heterocycles. The van der Waals surface area contributed by atoms with Gasteiger partial charge in [-0.3, -0.25) is 0 Å². The molecule has 0 aromatic carbocycles. The maximum atomic E-state index is 4.22. The smallest absolute Gasteiger partial charge is 0.0985 e. The lowest BCUT2D eigenvalue weighted by atomic mass is 9.84. The van der Waals surface area contributed by atoms with E-state index in [1.54, 1.807) is 6.08 Å². The number of hydrogen-bond donors (Lipinski definition) is 1. The quantitative estimate of drug-likeness (QED) is 0.651. The molecular weight excluding hydrogens is 330 g/mol. The molecule has 0 aliphatic carbocycles. The fourth-order valence-corrected chi connectivity index (χ4v) is 3.40. The van der Waals surface area contributed by atoms with Crippen LogP contribution in [0.2, 0.25) is 0 Å². The fourth-order valence-electron chi connectivity index (χ4n) is 3.40. The fraction of sp³-hybridized carbons (Fsp3) is 0.250. The van der Waals surface area contributed by atoms with Crippen LogP contribution < -0.4 is 5.32 Å². The van der Waals surface area contributed by atoms with Gasteiger partial charge in [0.1, 0.15) is 0 Å². The van der Waals surface area contributed by atoms with Gasteiger partial charge in [-0.05, 0) is 38.0 Å². The van der Waals surface area contributed by atoms with Gasteiger partial charge in [0.15, 0.2) is 0 Å². The molecule has 0 aromatic rings. The zero-order chi connectivity index (χ0) is 20.2. The molecule has 3 nitrogen and oxygen atoms in total. The molecule has 1 N–H and O–H groups in total. The summed E-state index contributed by atoms with van der Waals surface area (Å²) in [6, 6.07) is 0. The van der Waals surface area contributed by atoms with Gasteiger partial charge in [0.2, 0.25) is 0 Å². The molecule has 0 amide bonds. The summed E-state index contributed by atoms with van der Waals surface area (Å²) in [6.07, 6.45) is 17.1. The number of nitrogens with one attached hydrogen (secondary N) is 1. The first kappa shape index (κ1) is 20.4. The van der Waals surface area contributed by atoms with Crippen LogP contribution in [0.15, 0.2) is 109 Å². The summed E-state index contributed by atoms with van der Waals surface area (Å²) >= 11 is 0. The Morgan fingerprint density at radius 1 is 1.22 bits per heavy atom. The second kappa shape index (κ2) is 8.17. The van der Waals surface area contributed by atoms with Gasteiger partial charge in [-0.15, -0.1) is 0 Å². The second-order valence-corrected chi connectivity index (χ2v) is 7.02. The van der Waals surface area contributed by atoms with E-state index in [9.17, 15) is 0 Å². The molecule has 0 saturated carbocycles. The lowest BCUT2D eigenvalue weighted by molar-refractivity contribution is 0.299. The van der Waals surface area contributed by atoms with Gasteiger partial charge in [0, 0.05) is 36.8 Å². The van der Waals surface area contributed by atoms with Gasteiger partial charge >= 0.3 is 0 Å². The van der Waals surface area contributed by atoms with E-state index in [-0.39, 0.29) is 5.54 Å². The number of allylic oxidation sites excluding steroid dienone is 6. The van der Waals surface area contributed by atoms with Crippen molar-refractivity contribution in [1.82, 2.24) is 15.1 Å². The summed E-state index contributed by atoms with van der Waals surface area (Å²) in [5.74, 6) is 0.853. The first-order valence-electron chi connectivity index (χ1n) is 9.16. The van der Waals surface area contributed by atoms with Crippen LogP contribution in [-0.2, 0) is 0 Å². The van der Waals surface area contributed by atoms with Gasteiger partial charge < -0.3 is 15.1 Å². The predicted molar refractivity (Wildman–Crippen MR) is 117 cm³/mol. The monoisotopic (exact) mass is 361 g/mol. The molecule has 142 valence electrons. The maximum absolute atomic E-state index is 4.22. The molecule has 1 atom stereocenters. The summed E-state index contributed by atoms with van der Waals surface area (Å²) in [5, 5.41) is 3.55. The molecule has 0 unspecified atom stereocenters. The Labute approximate surface area is 164 Å². The van der Waals surface area contributed by atoms with E-state index < -0.39 is 0 Å². The highest BCUT2D eigenvalue weighted by atomic mass is 15.3. The summed E-state index contributed by atoms with van der Waals surface area (Å²) in [7, 11) is 1.98. The summed E-state index contributed by atoms with van der Waals surface area (Å²) in [6.45, 7) is 22.6. The van der Waals surface area contributed by atoms with Crippen molar-refractivity contribution in [2.75, 3.05) is 7.05 Å². The highest BCUT2D eigenvalue weighted by Crippen LogP contribution is 2.36. The molecule has 1 fully saturated rings. The molecule has 3 heteroatoms. The minimum Gasteiger partial charge on any atom is -0.362 e. The topological polar surface area (TPSA) is 18.5 Å². The van der Waals surface area contributed by atoms with Crippen molar-refractivity contribution in [3.05, 3.63) is 109 Å². The Morgan fingerprint density at radius 3 is 2.48 bits per heavy atom. The second-order valence-electron chi connectivity index (χ2n) is 7.02. The first-order valence-corrected chi connectivity index (χ1v) is 9.16. The summed E-state index contributed by atoms with van der Waals surface area (Å²) in [4.78, 5) is 4.13. The SMILES string of the molecule is C=C/C=C(\C=C/C)C(=C/C)/N1C=C([C@]2(C)CC(=C)N(C)C(=C)N2)C=CC1=C. The maximum Gasteiger partial charge on any atom is 0.0985 e. The summed E-state index contributed by atoms with van der Waals surface area (Å²) < 4.78 is 0. The van der Waals surface area contributed by atoms with Crippen molar-refractivity contribution >= 4 is 0 Å². The average molecular weight is 362 g/mol. The van der Waals surface area contributed by atoms with Crippen LogP contribution in [0, 0.1) is 0 Å². The van der Waals surface area contributed by atoms with E-state index in [2.05, 4.69) is 74.0 Å². The Kier molecular flexibility index (Phi) is 6.17. The van der Waals surface area contributed by atoms with Crippen molar-refractivity contribution < 1.29 is 0 Å². The zero-order valence-electron chi connectivity index (χ0n) is 17.0.